The number of anilines is 1. The minimum atomic E-state index is -0.259. The van der Waals surface area contributed by atoms with Gasteiger partial charge < -0.3 is 15.4 Å². The highest BCUT2D eigenvalue weighted by Crippen LogP contribution is 2.27. The Morgan fingerprint density at radius 2 is 2.26 bits per heavy atom. The third-order valence-electron chi connectivity index (χ3n) is 2.41. The Labute approximate surface area is 123 Å². The third kappa shape index (κ3) is 3.97. The maximum absolute atomic E-state index is 11.8. The largest absolute Gasteiger partial charge is 0.495 e. The molecule has 2 aromatic rings. The molecule has 2 rings (SSSR count). The fraction of sp³-hybridized carbons (Fsp3) is 0.154. The van der Waals surface area contributed by atoms with Crippen molar-refractivity contribution in [3.05, 3.63) is 45.1 Å². The maximum atomic E-state index is 11.8. The molecule has 0 aliphatic carbocycles. The number of rotatable bonds is 4. The number of nitrogens with one attached hydrogen (secondary N) is 2. The molecular formula is C13H13BrN2O2S. The monoisotopic (exact) mass is 340 g/mol. The first-order chi connectivity index (χ1) is 9.19. The topological polar surface area (TPSA) is 50.4 Å². The van der Waals surface area contributed by atoms with E-state index in [-0.39, 0.29) is 6.03 Å². The maximum Gasteiger partial charge on any atom is 0.319 e. The van der Waals surface area contributed by atoms with Crippen LogP contribution in [0.15, 0.2) is 40.2 Å². The average molecular weight is 341 g/mol. The van der Waals surface area contributed by atoms with Crippen molar-refractivity contribution in [1.29, 1.82) is 0 Å². The standard InChI is InChI=1S/C13H13BrN2O2S/c1-18-12-5-4-9(14)7-11(12)16-13(17)15-8-10-3-2-6-19-10/h2-7H,8H2,1H3,(H2,15,16,17). The fourth-order valence-corrected chi connectivity index (χ4v) is 2.53. The van der Waals surface area contributed by atoms with Crippen LogP contribution in [0.2, 0.25) is 0 Å². The highest BCUT2D eigenvalue weighted by Gasteiger charge is 2.07. The van der Waals surface area contributed by atoms with Crippen molar-refractivity contribution in [2.24, 2.45) is 0 Å². The summed E-state index contributed by atoms with van der Waals surface area (Å²) in [5.41, 5.74) is 0.626. The van der Waals surface area contributed by atoms with Crippen molar-refractivity contribution in [2.45, 2.75) is 6.54 Å². The number of amides is 2. The number of carbonyl (C=O) groups excluding carboxylic acids is 1. The van der Waals surface area contributed by atoms with E-state index in [1.807, 2.05) is 23.6 Å². The third-order valence-corrected chi connectivity index (χ3v) is 3.78. The number of carbonyl (C=O) groups is 1. The molecule has 2 amide bonds. The van der Waals surface area contributed by atoms with E-state index in [9.17, 15) is 4.79 Å². The summed E-state index contributed by atoms with van der Waals surface area (Å²) in [4.78, 5) is 12.9. The van der Waals surface area contributed by atoms with E-state index in [1.165, 1.54) is 0 Å². The van der Waals surface area contributed by atoms with Crippen LogP contribution in [0.3, 0.4) is 0 Å². The van der Waals surface area contributed by atoms with Crippen molar-refractivity contribution < 1.29 is 9.53 Å². The quantitative estimate of drug-likeness (QED) is 0.888. The molecule has 0 spiro atoms. The summed E-state index contributed by atoms with van der Waals surface area (Å²) in [6.45, 7) is 0.514. The molecule has 4 nitrogen and oxygen atoms in total. The summed E-state index contributed by atoms with van der Waals surface area (Å²) >= 11 is 4.97. The number of hydrogen-bond donors (Lipinski definition) is 2. The highest BCUT2D eigenvalue weighted by atomic mass is 79.9. The van der Waals surface area contributed by atoms with Gasteiger partial charge in [-0.15, -0.1) is 11.3 Å². The second-order valence-electron chi connectivity index (χ2n) is 3.73. The van der Waals surface area contributed by atoms with Crippen molar-refractivity contribution in [3.8, 4) is 5.75 Å². The van der Waals surface area contributed by atoms with E-state index in [2.05, 4.69) is 26.6 Å². The van der Waals surface area contributed by atoms with Gasteiger partial charge in [-0.25, -0.2) is 4.79 Å². The van der Waals surface area contributed by atoms with Gasteiger partial charge in [-0.3, -0.25) is 0 Å². The van der Waals surface area contributed by atoms with Crippen LogP contribution in [-0.2, 0) is 6.54 Å². The Hall–Kier alpha value is -1.53. The second-order valence-corrected chi connectivity index (χ2v) is 5.68. The molecule has 0 fully saturated rings. The first-order valence-electron chi connectivity index (χ1n) is 5.60. The lowest BCUT2D eigenvalue weighted by molar-refractivity contribution is 0.251. The van der Waals surface area contributed by atoms with Gasteiger partial charge in [0.25, 0.3) is 0 Å². The predicted molar refractivity (Wildman–Crippen MR) is 80.9 cm³/mol. The molecule has 0 bridgehead atoms. The van der Waals surface area contributed by atoms with Crippen LogP contribution in [0.25, 0.3) is 0 Å². The van der Waals surface area contributed by atoms with Gasteiger partial charge in [0.2, 0.25) is 0 Å². The molecule has 6 heteroatoms. The molecule has 0 atom stereocenters. The van der Waals surface area contributed by atoms with Gasteiger partial charge in [-0.2, -0.15) is 0 Å². The van der Waals surface area contributed by atoms with Crippen LogP contribution in [0.1, 0.15) is 4.88 Å². The number of methoxy groups -OCH3 is 1. The van der Waals surface area contributed by atoms with Gasteiger partial charge in [0.15, 0.2) is 0 Å². The number of benzene rings is 1. The molecule has 0 unspecified atom stereocenters. The summed E-state index contributed by atoms with van der Waals surface area (Å²) in [6.07, 6.45) is 0. The van der Waals surface area contributed by atoms with Crippen molar-refractivity contribution >= 4 is 39.0 Å². The normalized spacial score (nSPS) is 10.0. The molecular weight excluding hydrogens is 328 g/mol. The molecule has 1 aromatic carbocycles. The first-order valence-corrected chi connectivity index (χ1v) is 7.27. The van der Waals surface area contributed by atoms with E-state index in [0.29, 0.717) is 18.0 Å². The van der Waals surface area contributed by atoms with Gasteiger partial charge in [0.05, 0.1) is 19.3 Å². The van der Waals surface area contributed by atoms with Crippen molar-refractivity contribution in [1.82, 2.24) is 5.32 Å². The smallest absolute Gasteiger partial charge is 0.319 e. The van der Waals surface area contributed by atoms with E-state index >= 15 is 0 Å². The average Bonchev–Trinajstić information content (AvgIpc) is 2.90. The van der Waals surface area contributed by atoms with E-state index < -0.39 is 0 Å². The highest BCUT2D eigenvalue weighted by molar-refractivity contribution is 9.10. The SMILES string of the molecule is COc1ccc(Br)cc1NC(=O)NCc1cccs1. The molecule has 0 aliphatic rings. The summed E-state index contributed by atoms with van der Waals surface area (Å²) in [5.74, 6) is 0.620. The van der Waals surface area contributed by atoms with Crippen LogP contribution >= 0.6 is 27.3 Å². The van der Waals surface area contributed by atoms with Crippen molar-refractivity contribution in [2.75, 3.05) is 12.4 Å². The number of thiophene rings is 1. The molecule has 1 heterocycles. The van der Waals surface area contributed by atoms with E-state index in [1.54, 1.807) is 30.6 Å². The minimum Gasteiger partial charge on any atom is -0.495 e. The zero-order chi connectivity index (χ0) is 13.7. The second kappa shape index (κ2) is 6.58. The number of halogens is 1. The van der Waals surface area contributed by atoms with Gasteiger partial charge in [0, 0.05) is 9.35 Å². The molecule has 100 valence electrons. The van der Waals surface area contributed by atoms with Crippen molar-refractivity contribution in [3.63, 3.8) is 0 Å². The van der Waals surface area contributed by atoms with Crippen LogP contribution < -0.4 is 15.4 Å². The molecule has 0 saturated heterocycles. The lowest BCUT2D eigenvalue weighted by Gasteiger charge is -2.11. The van der Waals surface area contributed by atoms with E-state index in [0.717, 1.165) is 9.35 Å². The predicted octanol–water partition coefficient (Wildman–Crippen LogP) is 3.84. The fourth-order valence-electron chi connectivity index (χ4n) is 1.52. The van der Waals surface area contributed by atoms with Gasteiger partial charge in [-0.1, -0.05) is 22.0 Å². The molecule has 19 heavy (non-hydrogen) atoms. The number of hydrogen-bond acceptors (Lipinski definition) is 3. The van der Waals surface area contributed by atoms with Crippen LogP contribution in [0.4, 0.5) is 10.5 Å². The van der Waals surface area contributed by atoms with Gasteiger partial charge in [0.1, 0.15) is 5.75 Å². The van der Waals surface area contributed by atoms with E-state index in [4.69, 9.17) is 4.74 Å². The number of urea groups is 1. The Morgan fingerprint density at radius 3 is 2.95 bits per heavy atom. The Morgan fingerprint density at radius 1 is 1.42 bits per heavy atom. The van der Waals surface area contributed by atoms with Gasteiger partial charge >= 0.3 is 6.03 Å². The Balaban J connectivity index is 1.96. The Kier molecular flexibility index (Phi) is 4.81. The zero-order valence-corrected chi connectivity index (χ0v) is 12.7. The Bertz CT molecular complexity index is 558. The van der Waals surface area contributed by atoms with Crippen LogP contribution in [0, 0.1) is 0 Å². The molecule has 0 aliphatic heterocycles. The lowest BCUT2D eigenvalue weighted by atomic mass is 10.3. The van der Waals surface area contributed by atoms with Crippen LogP contribution in [0.5, 0.6) is 5.75 Å². The van der Waals surface area contributed by atoms with Gasteiger partial charge in [-0.05, 0) is 29.6 Å². The molecule has 0 saturated carbocycles. The summed E-state index contributed by atoms with van der Waals surface area (Å²) in [6, 6.07) is 9.11. The molecule has 0 radical (unpaired) electrons. The zero-order valence-electron chi connectivity index (χ0n) is 10.3. The van der Waals surface area contributed by atoms with Crippen LogP contribution in [-0.4, -0.2) is 13.1 Å². The minimum absolute atomic E-state index is 0.259. The number of ether oxygens (including phenoxy) is 1. The summed E-state index contributed by atoms with van der Waals surface area (Å²) in [7, 11) is 1.57. The summed E-state index contributed by atoms with van der Waals surface area (Å²) < 4.78 is 6.07. The first kappa shape index (κ1) is 13.9. The molecule has 1 aromatic heterocycles. The summed E-state index contributed by atoms with van der Waals surface area (Å²) in [5, 5.41) is 7.54. The molecule has 2 N–H and O–H groups in total. The lowest BCUT2D eigenvalue weighted by Crippen LogP contribution is -2.28.